The minimum Gasteiger partial charge on any atom is -0.390 e. The number of hydrogen-bond donors (Lipinski definition) is 1. The van der Waals surface area contributed by atoms with Crippen molar-refractivity contribution in [1.82, 2.24) is 0 Å². The molecule has 1 fully saturated rings. The molecule has 2 heteroatoms. The molecule has 1 aliphatic rings. The summed E-state index contributed by atoms with van der Waals surface area (Å²) in [5.41, 5.74) is -0.0266. The Balaban J connectivity index is 2.40. The SMILES string of the molecule is CC(C)(C)[C@H](O)[C@H]1CO1. The maximum atomic E-state index is 9.40. The zero-order chi connectivity index (χ0) is 7.07. The minimum atomic E-state index is -0.294. The molecule has 2 nitrogen and oxygen atoms in total. The average molecular weight is 130 g/mol. The van der Waals surface area contributed by atoms with Crippen LogP contribution < -0.4 is 0 Å². The topological polar surface area (TPSA) is 32.8 Å². The third-order valence-corrected chi connectivity index (χ3v) is 1.60. The number of aliphatic hydroxyl groups excluding tert-OH is 1. The van der Waals surface area contributed by atoms with Crippen LogP contribution in [0.4, 0.5) is 0 Å². The van der Waals surface area contributed by atoms with Crippen molar-refractivity contribution in [2.24, 2.45) is 5.41 Å². The van der Waals surface area contributed by atoms with E-state index in [0.717, 1.165) is 6.61 Å². The molecular weight excluding hydrogens is 116 g/mol. The third-order valence-electron chi connectivity index (χ3n) is 1.60. The van der Waals surface area contributed by atoms with Gasteiger partial charge < -0.3 is 9.84 Å². The fraction of sp³-hybridized carbons (Fsp3) is 1.00. The Kier molecular flexibility index (Phi) is 1.53. The van der Waals surface area contributed by atoms with Gasteiger partial charge in [-0.15, -0.1) is 0 Å². The standard InChI is InChI=1S/C7H14O2/c1-7(2,3)6(8)5-4-9-5/h5-6,8H,4H2,1-3H3/t5-,6-/m1/s1. The van der Waals surface area contributed by atoms with Gasteiger partial charge >= 0.3 is 0 Å². The number of aliphatic hydroxyl groups is 1. The second-order valence-electron chi connectivity index (χ2n) is 3.68. The highest BCUT2D eigenvalue weighted by Crippen LogP contribution is 2.28. The van der Waals surface area contributed by atoms with Crippen LogP contribution in [-0.2, 0) is 4.74 Å². The first kappa shape index (κ1) is 7.03. The molecule has 0 aromatic heterocycles. The Morgan fingerprint density at radius 3 is 2.11 bits per heavy atom. The van der Waals surface area contributed by atoms with Crippen molar-refractivity contribution < 1.29 is 9.84 Å². The number of hydrogen-bond acceptors (Lipinski definition) is 2. The predicted molar refractivity (Wildman–Crippen MR) is 35.2 cm³/mol. The van der Waals surface area contributed by atoms with Crippen LogP contribution in [0.25, 0.3) is 0 Å². The molecule has 0 unspecified atom stereocenters. The average Bonchev–Trinajstić information content (AvgIpc) is 2.40. The van der Waals surface area contributed by atoms with E-state index in [4.69, 9.17) is 4.74 Å². The van der Waals surface area contributed by atoms with Gasteiger partial charge in [0.25, 0.3) is 0 Å². The molecule has 54 valence electrons. The number of epoxide rings is 1. The minimum absolute atomic E-state index is 0.0266. The van der Waals surface area contributed by atoms with E-state index < -0.39 is 0 Å². The zero-order valence-electron chi connectivity index (χ0n) is 6.22. The highest BCUT2D eigenvalue weighted by atomic mass is 16.6. The second-order valence-corrected chi connectivity index (χ2v) is 3.68. The molecule has 1 rings (SSSR count). The Labute approximate surface area is 55.8 Å². The molecule has 1 saturated heterocycles. The molecule has 0 radical (unpaired) electrons. The van der Waals surface area contributed by atoms with Gasteiger partial charge in [0.1, 0.15) is 6.10 Å². The maximum absolute atomic E-state index is 9.40. The fourth-order valence-corrected chi connectivity index (χ4v) is 0.796. The Morgan fingerprint density at radius 2 is 2.00 bits per heavy atom. The second kappa shape index (κ2) is 1.96. The van der Waals surface area contributed by atoms with E-state index in [9.17, 15) is 5.11 Å². The lowest BCUT2D eigenvalue weighted by Crippen LogP contribution is -2.30. The molecule has 1 aliphatic heterocycles. The molecule has 0 bridgehead atoms. The highest BCUT2D eigenvalue weighted by molar-refractivity contribution is 4.86. The fourth-order valence-electron chi connectivity index (χ4n) is 0.796. The maximum Gasteiger partial charge on any atom is 0.107 e. The Morgan fingerprint density at radius 1 is 1.56 bits per heavy atom. The van der Waals surface area contributed by atoms with E-state index in [2.05, 4.69) is 0 Å². The van der Waals surface area contributed by atoms with E-state index in [-0.39, 0.29) is 17.6 Å². The van der Waals surface area contributed by atoms with Crippen molar-refractivity contribution in [3.05, 3.63) is 0 Å². The lowest BCUT2D eigenvalue weighted by molar-refractivity contribution is 0.0378. The van der Waals surface area contributed by atoms with Gasteiger partial charge in [0, 0.05) is 0 Å². The van der Waals surface area contributed by atoms with Gasteiger partial charge in [-0.05, 0) is 5.41 Å². The van der Waals surface area contributed by atoms with E-state index in [1.807, 2.05) is 20.8 Å². The summed E-state index contributed by atoms with van der Waals surface area (Å²) >= 11 is 0. The molecular formula is C7H14O2. The Hall–Kier alpha value is -0.0800. The van der Waals surface area contributed by atoms with Gasteiger partial charge in [0.05, 0.1) is 12.7 Å². The van der Waals surface area contributed by atoms with Crippen LogP contribution in [0.5, 0.6) is 0 Å². The summed E-state index contributed by atoms with van der Waals surface area (Å²) in [5, 5.41) is 9.40. The summed E-state index contributed by atoms with van der Waals surface area (Å²) in [7, 11) is 0. The van der Waals surface area contributed by atoms with Crippen molar-refractivity contribution >= 4 is 0 Å². The number of rotatable bonds is 1. The summed E-state index contributed by atoms with van der Waals surface area (Å²) in [6, 6.07) is 0. The summed E-state index contributed by atoms with van der Waals surface area (Å²) < 4.78 is 4.95. The van der Waals surface area contributed by atoms with Crippen molar-refractivity contribution in [2.75, 3.05) is 6.61 Å². The van der Waals surface area contributed by atoms with E-state index in [1.165, 1.54) is 0 Å². The van der Waals surface area contributed by atoms with Gasteiger partial charge in [-0.1, -0.05) is 20.8 Å². The molecule has 1 heterocycles. The van der Waals surface area contributed by atoms with Crippen molar-refractivity contribution in [3.8, 4) is 0 Å². The van der Waals surface area contributed by atoms with E-state index >= 15 is 0 Å². The summed E-state index contributed by atoms with van der Waals surface area (Å²) in [5.74, 6) is 0. The lowest BCUT2D eigenvalue weighted by atomic mass is 9.87. The number of ether oxygens (including phenoxy) is 1. The largest absolute Gasteiger partial charge is 0.390 e. The summed E-state index contributed by atoms with van der Waals surface area (Å²) in [4.78, 5) is 0. The van der Waals surface area contributed by atoms with Gasteiger partial charge in [-0.2, -0.15) is 0 Å². The first-order valence-electron chi connectivity index (χ1n) is 3.31. The summed E-state index contributed by atoms with van der Waals surface area (Å²) in [6.07, 6.45) is -0.178. The van der Waals surface area contributed by atoms with Gasteiger partial charge in [0.15, 0.2) is 0 Å². The predicted octanol–water partition coefficient (Wildman–Crippen LogP) is 0.792. The van der Waals surface area contributed by atoms with Gasteiger partial charge in [-0.25, -0.2) is 0 Å². The molecule has 0 saturated carbocycles. The lowest BCUT2D eigenvalue weighted by Gasteiger charge is -2.23. The van der Waals surface area contributed by atoms with Crippen LogP contribution in [0.2, 0.25) is 0 Å². The van der Waals surface area contributed by atoms with E-state index in [0.29, 0.717) is 0 Å². The first-order chi connectivity index (χ1) is 4.02. The molecule has 0 aromatic rings. The molecule has 0 aromatic carbocycles. The van der Waals surface area contributed by atoms with Gasteiger partial charge in [0.2, 0.25) is 0 Å². The van der Waals surface area contributed by atoms with Crippen LogP contribution in [0.15, 0.2) is 0 Å². The molecule has 2 atom stereocenters. The van der Waals surface area contributed by atoms with Crippen molar-refractivity contribution in [2.45, 2.75) is 33.0 Å². The Bertz CT molecular complexity index is 100.0. The molecule has 1 N–H and O–H groups in total. The van der Waals surface area contributed by atoms with Crippen LogP contribution in [0.3, 0.4) is 0 Å². The van der Waals surface area contributed by atoms with Crippen molar-refractivity contribution in [1.29, 1.82) is 0 Å². The molecule has 0 aliphatic carbocycles. The van der Waals surface area contributed by atoms with Crippen LogP contribution in [-0.4, -0.2) is 23.9 Å². The van der Waals surface area contributed by atoms with Crippen molar-refractivity contribution in [3.63, 3.8) is 0 Å². The molecule has 9 heavy (non-hydrogen) atoms. The van der Waals surface area contributed by atoms with Crippen LogP contribution >= 0.6 is 0 Å². The quantitative estimate of drug-likeness (QED) is 0.532. The van der Waals surface area contributed by atoms with E-state index in [1.54, 1.807) is 0 Å². The first-order valence-corrected chi connectivity index (χ1v) is 3.31. The van der Waals surface area contributed by atoms with Gasteiger partial charge in [-0.3, -0.25) is 0 Å². The normalized spacial score (nSPS) is 30.0. The molecule has 0 amide bonds. The van der Waals surface area contributed by atoms with Crippen LogP contribution in [0.1, 0.15) is 20.8 Å². The summed E-state index contributed by atoms with van der Waals surface area (Å²) in [6.45, 7) is 6.77. The third kappa shape index (κ3) is 1.66. The molecule has 0 spiro atoms. The zero-order valence-corrected chi connectivity index (χ0v) is 6.22. The smallest absolute Gasteiger partial charge is 0.107 e. The van der Waals surface area contributed by atoms with Crippen LogP contribution in [0, 0.1) is 5.41 Å². The highest BCUT2D eigenvalue weighted by Gasteiger charge is 2.38. The monoisotopic (exact) mass is 130 g/mol.